The van der Waals surface area contributed by atoms with Crippen molar-refractivity contribution in [3.05, 3.63) is 35.8 Å². The molecule has 0 aliphatic carbocycles. The van der Waals surface area contributed by atoms with Crippen LogP contribution in [0.2, 0.25) is 0 Å². The van der Waals surface area contributed by atoms with E-state index in [0.29, 0.717) is 36.2 Å². The lowest BCUT2D eigenvalue weighted by Crippen LogP contribution is -2.29. The Morgan fingerprint density at radius 3 is 2.67 bits per heavy atom. The SMILES string of the molecule is CCNc1cc(NCCNC(=O)c2cccnc2OC)nc(C)n1. The quantitative estimate of drug-likeness (QED) is 0.630. The van der Waals surface area contributed by atoms with Crippen LogP contribution >= 0.6 is 0 Å². The molecule has 0 saturated carbocycles. The first kappa shape index (κ1) is 17.5. The van der Waals surface area contributed by atoms with Gasteiger partial charge in [-0.2, -0.15) is 0 Å². The van der Waals surface area contributed by atoms with Crippen LogP contribution in [0.3, 0.4) is 0 Å². The number of carbonyl (C=O) groups is 1. The van der Waals surface area contributed by atoms with E-state index in [1.807, 2.05) is 19.9 Å². The second-order valence-electron chi connectivity index (χ2n) is 4.96. The van der Waals surface area contributed by atoms with E-state index >= 15 is 0 Å². The number of pyridine rings is 1. The zero-order valence-corrected chi connectivity index (χ0v) is 14.1. The lowest BCUT2D eigenvalue weighted by atomic mass is 10.2. The lowest BCUT2D eigenvalue weighted by molar-refractivity contribution is 0.0951. The molecule has 0 fully saturated rings. The van der Waals surface area contributed by atoms with E-state index in [1.54, 1.807) is 18.3 Å². The maximum atomic E-state index is 12.1. The first-order chi connectivity index (χ1) is 11.6. The smallest absolute Gasteiger partial charge is 0.256 e. The van der Waals surface area contributed by atoms with Crippen LogP contribution in [0.15, 0.2) is 24.4 Å². The van der Waals surface area contributed by atoms with Crippen molar-refractivity contribution in [2.45, 2.75) is 13.8 Å². The summed E-state index contributed by atoms with van der Waals surface area (Å²) in [7, 11) is 1.49. The van der Waals surface area contributed by atoms with Crippen molar-refractivity contribution < 1.29 is 9.53 Å². The van der Waals surface area contributed by atoms with Gasteiger partial charge in [0.2, 0.25) is 5.88 Å². The maximum absolute atomic E-state index is 12.1. The second kappa shape index (κ2) is 8.66. The van der Waals surface area contributed by atoms with Crippen molar-refractivity contribution in [1.82, 2.24) is 20.3 Å². The molecule has 2 aromatic rings. The van der Waals surface area contributed by atoms with Crippen LogP contribution in [-0.2, 0) is 0 Å². The van der Waals surface area contributed by atoms with Crippen molar-refractivity contribution in [2.75, 3.05) is 37.4 Å². The monoisotopic (exact) mass is 330 g/mol. The average Bonchev–Trinajstić information content (AvgIpc) is 2.58. The topological polar surface area (TPSA) is 101 Å². The van der Waals surface area contributed by atoms with E-state index < -0.39 is 0 Å². The van der Waals surface area contributed by atoms with E-state index in [1.165, 1.54) is 7.11 Å². The van der Waals surface area contributed by atoms with Gasteiger partial charge in [-0.1, -0.05) is 0 Å². The Hall–Kier alpha value is -2.90. The summed E-state index contributed by atoms with van der Waals surface area (Å²) in [5, 5.41) is 9.13. The molecule has 0 saturated heterocycles. The third kappa shape index (κ3) is 4.80. The maximum Gasteiger partial charge on any atom is 0.256 e. The predicted molar refractivity (Wildman–Crippen MR) is 92.5 cm³/mol. The number of anilines is 2. The fourth-order valence-electron chi connectivity index (χ4n) is 2.12. The standard InChI is InChI=1S/C16H22N6O2/c1-4-17-13-10-14(22-11(2)21-13)18-8-9-19-15(23)12-6-5-7-20-16(12)24-3/h5-7,10H,4,8-9H2,1-3H3,(H,19,23)(H2,17,18,21,22). The summed E-state index contributed by atoms with van der Waals surface area (Å²) >= 11 is 0. The number of hydrogen-bond donors (Lipinski definition) is 3. The van der Waals surface area contributed by atoms with Gasteiger partial charge in [0.25, 0.3) is 5.91 Å². The molecule has 0 aliphatic rings. The highest BCUT2D eigenvalue weighted by molar-refractivity contribution is 5.96. The fourth-order valence-corrected chi connectivity index (χ4v) is 2.12. The first-order valence-corrected chi connectivity index (χ1v) is 7.74. The highest BCUT2D eigenvalue weighted by Crippen LogP contribution is 2.13. The number of aryl methyl sites for hydroxylation is 1. The van der Waals surface area contributed by atoms with E-state index in [9.17, 15) is 4.79 Å². The van der Waals surface area contributed by atoms with E-state index in [-0.39, 0.29) is 5.91 Å². The van der Waals surface area contributed by atoms with Crippen molar-refractivity contribution in [2.24, 2.45) is 0 Å². The van der Waals surface area contributed by atoms with Crippen molar-refractivity contribution in [1.29, 1.82) is 0 Å². The van der Waals surface area contributed by atoms with E-state index in [4.69, 9.17) is 4.74 Å². The van der Waals surface area contributed by atoms with Crippen molar-refractivity contribution in [3.8, 4) is 5.88 Å². The fraction of sp³-hybridized carbons (Fsp3) is 0.375. The van der Waals surface area contributed by atoms with Gasteiger partial charge in [0.05, 0.1) is 7.11 Å². The van der Waals surface area contributed by atoms with Gasteiger partial charge < -0.3 is 20.7 Å². The molecule has 8 heteroatoms. The zero-order valence-electron chi connectivity index (χ0n) is 14.1. The summed E-state index contributed by atoms with van der Waals surface area (Å²) in [5.74, 6) is 2.25. The van der Waals surface area contributed by atoms with Crippen LogP contribution in [0.4, 0.5) is 11.6 Å². The first-order valence-electron chi connectivity index (χ1n) is 7.74. The minimum absolute atomic E-state index is 0.228. The van der Waals surface area contributed by atoms with Gasteiger partial charge in [-0.15, -0.1) is 0 Å². The lowest BCUT2D eigenvalue weighted by Gasteiger charge is -2.10. The zero-order chi connectivity index (χ0) is 17.4. The Morgan fingerprint density at radius 2 is 1.96 bits per heavy atom. The third-order valence-electron chi connectivity index (χ3n) is 3.12. The Kier molecular flexibility index (Phi) is 6.30. The van der Waals surface area contributed by atoms with Crippen molar-refractivity contribution in [3.63, 3.8) is 0 Å². The summed E-state index contributed by atoms with van der Waals surface area (Å²) in [6.07, 6.45) is 1.58. The summed E-state index contributed by atoms with van der Waals surface area (Å²) in [6.45, 7) is 5.61. The summed E-state index contributed by atoms with van der Waals surface area (Å²) in [4.78, 5) is 24.7. The van der Waals surface area contributed by atoms with Gasteiger partial charge in [-0.3, -0.25) is 4.79 Å². The summed E-state index contributed by atoms with van der Waals surface area (Å²) in [6, 6.07) is 5.20. The van der Waals surface area contributed by atoms with Gasteiger partial charge in [-0.05, 0) is 26.0 Å². The average molecular weight is 330 g/mol. The Balaban J connectivity index is 1.85. The van der Waals surface area contributed by atoms with Crippen LogP contribution in [-0.4, -0.2) is 47.6 Å². The minimum atomic E-state index is -0.228. The van der Waals surface area contributed by atoms with Crippen LogP contribution in [0.1, 0.15) is 23.1 Å². The number of nitrogens with zero attached hydrogens (tertiary/aromatic N) is 3. The molecular weight excluding hydrogens is 308 g/mol. The predicted octanol–water partition coefficient (Wildman–Crippen LogP) is 1.46. The summed E-state index contributed by atoms with van der Waals surface area (Å²) in [5.41, 5.74) is 0.410. The van der Waals surface area contributed by atoms with Crippen LogP contribution in [0.5, 0.6) is 5.88 Å². The molecule has 0 radical (unpaired) electrons. The Labute approximate surface area is 141 Å². The van der Waals surface area contributed by atoms with Crippen molar-refractivity contribution >= 4 is 17.5 Å². The second-order valence-corrected chi connectivity index (χ2v) is 4.96. The number of hydrogen-bond acceptors (Lipinski definition) is 7. The summed E-state index contributed by atoms with van der Waals surface area (Å²) < 4.78 is 5.08. The molecule has 0 spiro atoms. The highest BCUT2D eigenvalue weighted by Gasteiger charge is 2.11. The van der Waals surface area contributed by atoms with E-state index in [2.05, 4.69) is 30.9 Å². The molecule has 0 bridgehead atoms. The third-order valence-corrected chi connectivity index (χ3v) is 3.12. The molecule has 1 amide bonds. The number of amides is 1. The number of methoxy groups -OCH3 is 1. The van der Waals surface area contributed by atoms with Crippen LogP contribution in [0, 0.1) is 6.92 Å². The number of rotatable bonds is 8. The van der Waals surface area contributed by atoms with Gasteiger partial charge in [0.1, 0.15) is 23.0 Å². The normalized spacial score (nSPS) is 10.1. The molecule has 8 nitrogen and oxygen atoms in total. The molecule has 2 aromatic heterocycles. The van der Waals surface area contributed by atoms with E-state index in [0.717, 1.165) is 12.4 Å². The number of aromatic nitrogens is 3. The number of carbonyl (C=O) groups excluding carboxylic acids is 1. The van der Waals surface area contributed by atoms with Gasteiger partial charge in [0.15, 0.2) is 0 Å². The largest absolute Gasteiger partial charge is 0.480 e. The molecular formula is C16H22N6O2. The highest BCUT2D eigenvalue weighted by atomic mass is 16.5. The van der Waals surface area contributed by atoms with Gasteiger partial charge in [0, 0.05) is 31.9 Å². The molecule has 128 valence electrons. The molecule has 0 unspecified atom stereocenters. The molecule has 2 heterocycles. The van der Waals surface area contributed by atoms with Gasteiger partial charge >= 0.3 is 0 Å². The molecule has 3 N–H and O–H groups in total. The minimum Gasteiger partial charge on any atom is -0.480 e. The number of ether oxygens (including phenoxy) is 1. The molecule has 2 rings (SSSR count). The van der Waals surface area contributed by atoms with Crippen LogP contribution < -0.4 is 20.7 Å². The van der Waals surface area contributed by atoms with Gasteiger partial charge in [-0.25, -0.2) is 15.0 Å². The Bertz CT molecular complexity index is 692. The Morgan fingerprint density at radius 1 is 1.21 bits per heavy atom. The molecule has 0 aromatic carbocycles. The number of nitrogens with one attached hydrogen (secondary N) is 3. The molecule has 24 heavy (non-hydrogen) atoms. The van der Waals surface area contributed by atoms with Crippen LogP contribution in [0.25, 0.3) is 0 Å². The molecule has 0 aliphatic heterocycles. The molecule has 0 atom stereocenters.